The highest BCUT2D eigenvalue weighted by molar-refractivity contribution is 5.77. The lowest BCUT2D eigenvalue weighted by atomic mass is 10.2. The number of amides is 2. The van der Waals surface area contributed by atoms with Gasteiger partial charge >= 0.3 is 0 Å². The third-order valence-electron chi connectivity index (χ3n) is 5.85. The van der Waals surface area contributed by atoms with Crippen LogP contribution < -0.4 is 10.6 Å². The van der Waals surface area contributed by atoms with Gasteiger partial charge in [-0.25, -0.2) is 0 Å². The minimum Gasteiger partial charge on any atom is -0.351 e. The molecule has 0 unspecified atom stereocenters. The van der Waals surface area contributed by atoms with Gasteiger partial charge in [0.05, 0.1) is 40.3 Å². The Balaban J connectivity index is 3.68. The van der Waals surface area contributed by atoms with Gasteiger partial charge in [0.15, 0.2) is 13.1 Å². The number of quaternary nitrogens is 2. The zero-order chi connectivity index (χ0) is 20.1. The average molecular weight is 373 g/mol. The van der Waals surface area contributed by atoms with Gasteiger partial charge in [0.2, 0.25) is 0 Å². The molecule has 0 atom stereocenters. The normalized spacial score (nSPS) is 12.1. The highest BCUT2D eigenvalue weighted by Gasteiger charge is 2.21. The van der Waals surface area contributed by atoms with Crippen LogP contribution >= 0.6 is 0 Å². The zero-order valence-corrected chi connectivity index (χ0v) is 18.2. The lowest BCUT2D eigenvalue weighted by molar-refractivity contribution is -0.898. The van der Waals surface area contributed by atoms with Crippen molar-refractivity contribution in [3.8, 4) is 0 Å². The zero-order valence-electron chi connectivity index (χ0n) is 18.2. The van der Waals surface area contributed by atoms with Crippen molar-refractivity contribution < 1.29 is 18.6 Å². The summed E-state index contributed by atoms with van der Waals surface area (Å²) in [5, 5.41) is 6.06. The van der Waals surface area contributed by atoms with Crippen LogP contribution in [0.15, 0.2) is 0 Å². The van der Waals surface area contributed by atoms with Gasteiger partial charge in [-0.1, -0.05) is 12.8 Å². The van der Waals surface area contributed by atoms with Crippen LogP contribution in [-0.4, -0.2) is 87.2 Å². The molecular weight excluding hydrogens is 328 g/mol. The first kappa shape index (κ1) is 24.9. The van der Waals surface area contributed by atoms with Crippen LogP contribution in [0, 0.1) is 0 Å². The first-order valence-corrected chi connectivity index (χ1v) is 10.4. The van der Waals surface area contributed by atoms with E-state index in [1.165, 1.54) is 0 Å². The van der Waals surface area contributed by atoms with E-state index in [0.29, 0.717) is 13.1 Å². The number of rotatable bonds is 15. The van der Waals surface area contributed by atoms with E-state index in [2.05, 4.69) is 52.4 Å². The average Bonchev–Trinajstić information content (AvgIpc) is 2.63. The van der Waals surface area contributed by atoms with Gasteiger partial charge in [-0.15, -0.1) is 0 Å². The molecule has 0 saturated heterocycles. The van der Waals surface area contributed by atoms with E-state index in [4.69, 9.17) is 0 Å². The molecule has 0 fully saturated rings. The highest BCUT2D eigenvalue weighted by atomic mass is 16.2. The van der Waals surface area contributed by atoms with Gasteiger partial charge in [0.1, 0.15) is 0 Å². The summed E-state index contributed by atoms with van der Waals surface area (Å²) in [6, 6.07) is 0. The molecule has 0 aromatic rings. The minimum atomic E-state index is 0.150. The molecule has 26 heavy (non-hydrogen) atoms. The summed E-state index contributed by atoms with van der Waals surface area (Å²) in [6.45, 7) is 15.0. The van der Waals surface area contributed by atoms with Crippen molar-refractivity contribution in [3.05, 3.63) is 0 Å². The number of carbonyl (C=O) groups is 2. The number of carbonyl (C=O) groups excluding carboxylic acids is 2. The molecule has 0 saturated carbocycles. The standard InChI is InChI=1S/C20H42N4O2/c1-7-23(5,8-2)17-19(25)21-15-13-11-12-14-16-22-20(26)18-24(6,9-3)10-4/h7-18H2,1-6H3/p+2. The third kappa shape index (κ3) is 10.8. The predicted molar refractivity (Wildman–Crippen MR) is 109 cm³/mol. The number of likely N-dealkylation sites (N-methyl/N-ethyl adjacent to an activating group) is 2. The van der Waals surface area contributed by atoms with Crippen molar-refractivity contribution in [3.63, 3.8) is 0 Å². The molecule has 0 aliphatic heterocycles. The quantitative estimate of drug-likeness (QED) is 0.340. The number of nitrogens with zero attached hydrogens (tertiary/aromatic N) is 2. The number of nitrogens with one attached hydrogen (secondary N) is 2. The summed E-state index contributed by atoms with van der Waals surface area (Å²) < 4.78 is 1.58. The Morgan fingerprint density at radius 1 is 0.615 bits per heavy atom. The summed E-state index contributed by atoms with van der Waals surface area (Å²) in [6.07, 6.45) is 4.17. The SMILES string of the molecule is CC[N+](C)(CC)CC(=O)NCCCCCCNC(=O)C[N+](C)(CC)CC. The Morgan fingerprint density at radius 3 is 1.19 bits per heavy atom. The molecule has 6 heteroatoms. The monoisotopic (exact) mass is 372 g/mol. The Kier molecular flexibility index (Phi) is 12.5. The summed E-state index contributed by atoms with van der Waals surface area (Å²) in [4.78, 5) is 23.9. The van der Waals surface area contributed by atoms with E-state index in [0.717, 1.165) is 73.9 Å². The van der Waals surface area contributed by atoms with Crippen molar-refractivity contribution in [2.75, 3.05) is 66.5 Å². The second-order valence-electron chi connectivity index (χ2n) is 7.93. The molecule has 0 rings (SSSR count). The van der Waals surface area contributed by atoms with Crippen LogP contribution in [0.4, 0.5) is 0 Å². The van der Waals surface area contributed by atoms with Crippen LogP contribution in [0.2, 0.25) is 0 Å². The Labute approximate surface area is 161 Å². The second-order valence-corrected chi connectivity index (χ2v) is 7.93. The molecule has 0 aliphatic rings. The largest absolute Gasteiger partial charge is 0.351 e. The van der Waals surface area contributed by atoms with Gasteiger partial charge < -0.3 is 19.6 Å². The lowest BCUT2D eigenvalue weighted by Gasteiger charge is -2.31. The molecule has 6 nitrogen and oxygen atoms in total. The highest BCUT2D eigenvalue weighted by Crippen LogP contribution is 2.02. The maximum atomic E-state index is 12.0. The van der Waals surface area contributed by atoms with E-state index in [1.807, 2.05) is 0 Å². The van der Waals surface area contributed by atoms with E-state index < -0.39 is 0 Å². The summed E-state index contributed by atoms with van der Waals surface area (Å²) in [7, 11) is 4.24. The fourth-order valence-corrected chi connectivity index (χ4v) is 2.76. The first-order valence-electron chi connectivity index (χ1n) is 10.4. The molecule has 2 N–H and O–H groups in total. The van der Waals surface area contributed by atoms with E-state index in [-0.39, 0.29) is 11.8 Å². The smallest absolute Gasteiger partial charge is 0.275 e. The fraction of sp³-hybridized carbons (Fsp3) is 0.900. The first-order chi connectivity index (χ1) is 12.2. The number of hydrogen-bond acceptors (Lipinski definition) is 2. The van der Waals surface area contributed by atoms with Gasteiger partial charge in [0, 0.05) is 13.1 Å². The second kappa shape index (κ2) is 13.1. The van der Waals surface area contributed by atoms with Crippen molar-refractivity contribution in [2.45, 2.75) is 53.4 Å². The summed E-state index contributed by atoms with van der Waals surface area (Å²) in [5.41, 5.74) is 0. The molecule has 2 amide bonds. The van der Waals surface area contributed by atoms with Crippen LogP contribution in [0.3, 0.4) is 0 Å². The maximum absolute atomic E-state index is 12.0. The van der Waals surface area contributed by atoms with Gasteiger partial charge in [0.25, 0.3) is 11.8 Å². The summed E-state index contributed by atoms with van der Waals surface area (Å²) >= 11 is 0. The molecule has 0 radical (unpaired) electrons. The van der Waals surface area contributed by atoms with E-state index in [9.17, 15) is 9.59 Å². The van der Waals surface area contributed by atoms with E-state index >= 15 is 0 Å². The molecule has 0 bridgehead atoms. The van der Waals surface area contributed by atoms with Gasteiger partial charge in [-0.05, 0) is 40.5 Å². The Morgan fingerprint density at radius 2 is 0.923 bits per heavy atom. The molecule has 0 spiro atoms. The van der Waals surface area contributed by atoms with E-state index in [1.54, 1.807) is 0 Å². The Hall–Kier alpha value is -1.14. The fourth-order valence-electron chi connectivity index (χ4n) is 2.76. The van der Waals surface area contributed by atoms with Gasteiger partial charge in [-0.2, -0.15) is 0 Å². The lowest BCUT2D eigenvalue weighted by Crippen LogP contribution is -2.50. The molecule has 0 aliphatic carbocycles. The molecular formula is C20H44N4O2+2. The molecule has 0 aromatic carbocycles. The topological polar surface area (TPSA) is 58.2 Å². The number of hydrogen-bond donors (Lipinski definition) is 2. The van der Waals surface area contributed by atoms with Crippen molar-refractivity contribution in [2.24, 2.45) is 0 Å². The van der Waals surface area contributed by atoms with Gasteiger partial charge in [-0.3, -0.25) is 9.59 Å². The van der Waals surface area contributed by atoms with Crippen LogP contribution in [0.25, 0.3) is 0 Å². The minimum absolute atomic E-state index is 0.150. The predicted octanol–water partition coefficient (Wildman–Crippen LogP) is 1.75. The van der Waals surface area contributed by atoms with Crippen LogP contribution in [0.1, 0.15) is 53.4 Å². The maximum Gasteiger partial charge on any atom is 0.275 e. The molecule has 0 heterocycles. The van der Waals surface area contributed by atoms with Crippen molar-refractivity contribution >= 4 is 11.8 Å². The Bertz CT molecular complexity index is 367. The molecule has 0 aromatic heterocycles. The van der Waals surface area contributed by atoms with Crippen molar-refractivity contribution in [1.82, 2.24) is 10.6 Å². The molecule has 154 valence electrons. The summed E-state index contributed by atoms with van der Waals surface area (Å²) in [5.74, 6) is 0.299. The van der Waals surface area contributed by atoms with Crippen LogP contribution in [0.5, 0.6) is 0 Å². The van der Waals surface area contributed by atoms with Crippen LogP contribution in [-0.2, 0) is 9.59 Å². The van der Waals surface area contributed by atoms with Crippen molar-refractivity contribution in [1.29, 1.82) is 0 Å². The third-order valence-corrected chi connectivity index (χ3v) is 5.85. The number of unbranched alkanes of at least 4 members (excludes halogenated alkanes) is 3.